The molecular formula is C16H30O3. The average Bonchev–Trinajstić information content (AvgIpc) is 2.26. The van der Waals surface area contributed by atoms with Crippen molar-refractivity contribution in [2.75, 3.05) is 0 Å². The molecule has 3 nitrogen and oxygen atoms in total. The van der Waals surface area contributed by atoms with Gasteiger partial charge in [0.05, 0.1) is 11.2 Å². The van der Waals surface area contributed by atoms with Gasteiger partial charge < -0.3 is 14.9 Å². The lowest BCUT2D eigenvalue weighted by Gasteiger charge is -2.51. The van der Waals surface area contributed by atoms with E-state index in [0.717, 1.165) is 32.1 Å². The molecule has 4 unspecified atom stereocenters. The number of ether oxygens (including phenoxy) is 1. The highest BCUT2D eigenvalue weighted by molar-refractivity contribution is 5.00. The fourth-order valence-electron chi connectivity index (χ4n) is 3.87. The Bertz CT molecular complexity index is 328. The third-order valence-corrected chi connectivity index (χ3v) is 5.32. The molecule has 2 aliphatic rings. The van der Waals surface area contributed by atoms with E-state index in [-0.39, 0.29) is 11.0 Å². The molecule has 2 N–H and O–H groups in total. The summed E-state index contributed by atoms with van der Waals surface area (Å²) < 4.78 is 6.03. The Balaban J connectivity index is 2.06. The molecule has 2 bridgehead atoms. The number of fused-ring (bicyclic) bond motifs is 2. The number of rotatable bonds is 4. The average molecular weight is 270 g/mol. The quantitative estimate of drug-likeness (QED) is 0.771. The van der Waals surface area contributed by atoms with Crippen LogP contribution in [0.25, 0.3) is 0 Å². The molecule has 0 saturated heterocycles. The predicted octanol–water partition coefficient (Wildman–Crippen LogP) is 3.23. The number of aliphatic hydroxyl groups excluding tert-OH is 1. The maximum Gasteiger partial charge on any atom is 0.160 e. The highest BCUT2D eigenvalue weighted by atomic mass is 16.6. The monoisotopic (exact) mass is 270 g/mol. The number of hydrogen-bond donors (Lipinski definition) is 2. The minimum Gasteiger partial charge on any atom is -0.390 e. The van der Waals surface area contributed by atoms with Crippen LogP contribution in [0, 0.1) is 11.3 Å². The van der Waals surface area contributed by atoms with E-state index in [1.54, 1.807) is 0 Å². The fraction of sp³-hybridized carbons (Fsp3) is 1.00. The van der Waals surface area contributed by atoms with Gasteiger partial charge in [0.1, 0.15) is 0 Å². The lowest BCUT2D eigenvalue weighted by Crippen LogP contribution is -2.53. The summed E-state index contributed by atoms with van der Waals surface area (Å²) in [6.45, 7) is 8.18. The van der Waals surface area contributed by atoms with Gasteiger partial charge in [0.25, 0.3) is 0 Å². The summed E-state index contributed by atoms with van der Waals surface area (Å²) in [5.41, 5.74) is -1.19. The zero-order valence-corrected chi connectivity index (χ0v) is 12.9. The highest BCUT2D eigenvalue weighted by Crippen LogP contribution is 2.49. The molecule has 112 valence electrons. The summed E-state index contributed by atoms with van der Waals surface area (Å²) >= 11 is 0. The van der Waals surface area contributed by atoms with Crippen LogP contribution in [0.3, 0.4) is 0 Å². The summed E-state index contributed by atoms with van der Waals surface area (Å²) in [7, 11) is 0. The largest absolute Gasteiger partial charge is 0.390 e. The van der Waals surface area contributed by atoms with Gasteiger partial charge in [-0.3, -0.25) is 0 Å². The van der Waals surface area contributed by atoms with Crippen molar-refractivity contribution < 1.29 is 14.9 Å². The van der Waals surface area contributed by atoms with Crippen molar-refractivity contribution in [3.63, 3.8) is 0 Å². The normalized spacial score (nSPS) is 41.1. The Morgan fingerprint density at radius 3 is 2.63 bits per heavy atom. The van der Waals surface area contributed by atoms with Crippen molar-refractivity contribution in [2.24, 2.45) is 11.3 Å². The second-order valence-corrected chi connectivity index (χ2v) is 7.83. The van der Waals surface area contributed by atoms with Crippen molar-refractivity contribution in [1.29, 1.82) is 0 Å². The molecule has 0 aromatic heterocycles. The van der Waals surface area contributed by atoms with Gasteiger partial charge in [0, 0.05) is 11.8 Å². The first-order valence-electron chi connectivity index (χ1n) is 7.76. The maximum absolute atomic E-state index is 10.6. The van der Waals surface area contributed by atoms with E-state index < -0.39 is 11.9 Å². The van der Waals surface area contributed by atoms with Crippen LogP contribution in [0.4, 0.5) is 0 Å². The van der Waals surface area contributed by atoms with Gasteiger partial charge in [-0.15, -0.1) is 0 Å². The summed E-state index contributed by atoms with van der Waals surface area (Å²) in [6.07, 6.45) is 5.85. The van der Waals surface area contributed by atoms with E-state index >= 15 is 0 Å². The van der Waals surface area contributed by atoms with Gasteiger partial charge >= 0.3 is 0 Å². The van der Waals surface area contributed by atoms with Crippen LogP contribution in [-0.4, -0.2) is 27.7 Å². The van der Waals surface area contributed by atoms with E-state index in [1.165, 1.54) is 6.42 Å². The second-order valence-electron chi connectivity index (χ2n) is 7.83. The Labute approximate surface area is 117 Å². The molecule has 2 fully saturated rings. The third-order valence-electron chi connectivity index (χ3n) is 5.32. The minimum absolute atomic E-state index is 0.238. The summed E-state index contributed by atoms with van der Waals surface area (Å²) in [6, 6.07) is 0. The molecular weight excluding hydrogens is 240 g/mol. The van der Waals surface area contributed by atoms with Crippen molar-refractivity contribution in [1.82, 2.24) is 0 Å². The standard InChI is InChI=1S/C16H30O3/c1-5-14(2,3)13(17)19-15(4)9-12-7-6-8-16(18,10-12)11-15/h12-13,17-18H,5-11H2,1-4H3. The van der Waals surface area contributed by atoms with Crippen molar-refractivity contribution in [3.05, 3.63) is 0 Å². The van der Waals surface area contributed by atoms with Crippen LogP contribution in [0.1, 0.15) is 72.6 Å². The molecule has 4 atom stereocenters. The first-order valence-corrected chi connectivity index (χ1v) is 7.76. The molecule has 2 saturated carbocycles. The Kier molecular flexibility index (Phi) is 4.03. The Hall–Kier alpha value is -0.120. The minimum atomic E-state index is -0.759. The molecule has 2 rings (SSSR count). The second kappa shape index (κ2) is 5.01. The zero-order valence-electron chi connectivity index (χ0n) is 12.9. The zero-order chi connectivity index (χ0) is 14.3. The molecule has 19 heavy (non-hydrogen) atoms. The van der Waals surface area contributed by atoms with Gasteiger partial charge in [0.2, 0.25) is 0 Å². The van der Waals surface area contributed by atoms with Crippen LogP contribution >= 0.6 is 0 Å². The summed E-state index contributed by atoms with van der Waals surface area (Å²) in [5, 5.41) is 21.0. The molecule has 0 aromatic carbocycles. The van der Waals surface area contributed by atoms with E-state index in [2.05, 4.69) is 13.8 Å². The molecule has 0 spiro atoms. The SMILES string of the molecule is CCC(C)(C)C(O)OC1(C)CC2CCCC(O)(C2)C1. The van der Waals surface area contributed by atoms with Gasteiger partial charge in [0.15, 0.2) is 6.29 Å². The molecule has 2 aliphatic carbocycles. The predicted molar refractivity (Wildman–Crippen MR) is 75.7 cm³/mol. The first kappa shape index (κ1) is 15.3. The molecule has 0 radical (unpaired) electrons. The molecule has 3 heteroatoms. The van der Waals surface area contributed by atoms with E-state index in [4.69, 9.17) is 4.74 Å². The van der Waals surface area contributed by atoms with Gasteiger partial charge in [-0.05, 0) is 38.5 Å². The van der Waals surface area contributed by atoms with Crippen LogP contribution in [0.2, 0.25) is 0 Å². The lowest BCUT2D eigenvalue weighted by atomic mass is 9.64. The first-order chi connectivity index (χ1) is 8.68. The molecule has 0 amide bonds. The highest BCUT2D eigenvalue weighted by Gasteiger charge is 2.49. The van der Waals surface area contributed by atoms with Gasteiger partial charge in [-0.2, -0.15) is 0 Å². The van der Waals surface area contributed by atoms with Crippen LogP contribution in [0.15, 0.2) is 0 Å². The van der Waals surface area contributed by atoms with Gasteiger partial charge in [-0.25, -0.2) is 0 Å². The van der Waals surface area contributed by atoms with Crippen molar-refractivity contribution in [2.45, 2.75) is 90.1 Å². The summed E-state index contributed by atoms with van der Waals surface area (Å²) in [4.78, 5) is 0. The van der Waals surface area contributed by atoms with Crippen LogP contribution in [0.5, 0.6) is 0 Å². The van der Waals surface area contributed by atoms with Crippen LogP contribution < -0.4 is 0 Å². The number of aliphatic hydroxyl groups is 2. The molecule has 0 heterocycles. The Morgan fingerprint density at radius 1 is 1.37 bits per heavy atom. The summed E-state index contributed by atoms with van der Waals surface area (Å²) in [5.74, 6) is 0.550. The van der Waals surface area contributed by atoms with E-state index in [0.29, 0.717) is 12.3 Å². The lowest BCUT2D eigenvalue weighted by molar-refractivity contribution is -0.259. The van der Waals surface area contributed by atoms with E-state index in [1.807, 2.05) is 13.8 Å². The molecule has 0 aromatic rings. The topological polar surface area (TPSA) is 49.7 Å². The van der Waals surface area contributed by atoms with E-state index in [9.17, 15) is 10.2 Å². The van der Waals surface area contributed by atoms with Crippen molar-refractivity contribution in [3.8, 4) is 0 Å². The smallest absolute Gasteiger partial charge is 0.160 e. The third kappa shape index (κ3) is 3.32. The number of hydrogen-bond acceptors (Lipinski definition) is 3. The fourth-order valence-corrected chi connectivity index (χ4v) is 3.87. The maximum atomic E-state index is 10.6. The van der Waals surface area contributed by atoms with Crippen molar-refractivity contribution >= 4 is 0 Å². The van der Waals surface area contributed by atoms with Crippen LogP contribution in [-0.2, 0) is 4.74 Å². The molecule has 0 aliphatic heterocycles. The Morgan fingerprint density at radius 2 is 2.05 bits per heavy atom. The van der Waals surface area contributed by atoms with Gasteiger partial charge in [-0.1, -0.05) is 33.6 Å².